The van der Waals surface area contributed by atoms with E-state index in [9.17, 15) is 5.11 Å². The summed E-state index contributed by atoms with van der Waals surface area (Å²) in [5, 5.41) is 10.4. The van der Waals surface area contributed by atoms with Gasteiger partial charge in [0.1, 0.15) is 5.75 Å². The van der Waals surface area contributed by atoms with Gasteiger partial charge in [-0.1, -0.05) is 13.8 Å². The van der Waals surface area contributed by atoms with Crippen LogP contribution in [-0.4, -0.2) is 18.8 Å². The topological polar surface area (TPSA) is 55.5 Å². The number of ether oxygens (including phenoxy) is 1. The maximum Gasteiger partial charge on any atom is 0.124 e. The van der Waals surface area contributed by atoms with Crippen molar-refractivity contribution in [2.45, 2.75) is 33.8 Å². The molecule has 0 aliphatic heterocycles. The van der Waals surface area contributed by atoms with E-state index in [4.69, 9.17) is 10.5 Å². The second-order valence-electron chi connectivity index (χ2n) is 5.27. The Morgan fingerprint density at radius 3 is 2.29 bits per heavy atom. The van der Waals surface area contributed by atoms with E-state index in [0.29, 0.717) is 6.54 Å². The van der Waals surface area contributed by atoms with E-state index in [2.05, 4.69) is 0 Å². The summed E-state index contributed by atoms with van der Waals surface area (Å²) in [5.41, 5.74) is 8.45. The van der Waals surface area contributed by atoms with E-state index in [-0.39, 0.29) is 5.41 Å². The molecule has 3 N–H and O–H groups in total. The van der Waals surface area contributed by atoms with Gasteiger partial charge in [-0.3, -0.25) is 0 Å². The first-order valence-electron chi connectivity index (χ1n) is 5.86. The highest BCUT2D eigenvalue weighted by Gasteiger charge is 2.30. The molecule has 0 aromatic heterocycles. The number of nitrogens with two attached hydrogens (primary N) is 1. The van der Waals surface area contributed by atoms with Gasteiger partial charge in [0, 0.05) is 17.5 Å². The van der Waals surface area contributed by atoms with Crippen molar-refractivity contribution in [3.63, 3.8) is 0 Å². The number of aryl methyl sites for hydroxylation is 2. The normalized spacial score (nSPS) is 13.6. The summed E-state index contributed by atoms with van der Waals surface area (Å²) in [6.45, 7) is 8.38. The Morgan fingerprint density at radius 2 is 1.82 bits per heavy atom. The van der Waals surface area contributed by atoms with E-state index >= 15 is 0 Å². The van der Waals surface area contributed by atoms with E-state index in [1.165, 1.54) is 0 Å². The molecule has 1 atom stereocenters. The Labute approximate surface area is 104 Å². The quantitative estimate of drug-likeness (QED) is 0.845. The standard InChI is InChI=1S/C14H23NO2/c1-9-6-11(12(17-5)7-10(9)2)13(16)14(3,4)8-15/h6-7,13,16H,8,15H2,1-5H3. The van der Waals surface area contributed by atoms with Crippen LogP contribution in [0.1, 0.15) is 36.6 Å². The molecule has 1 aromatic carbocycles. The van der Waals surface area contributed by atoms with Crippen LogP contribution in [0.4, 0.5) is 0 Å². The van der Waals surface area contributed by atoms with Gasteiger partial charge in [0.05, 0.1) is 13.2 Å². The second-order valence-corrected chi connectivity index (χ2v) is 5.27. The fraction of sp³-hybridized carbons (Fsp3) is 0.571. The number of aliphatic hydroxyl groups excluding tert-OH is 1. The van der Waals surface area contributed by atoms with Gasteiger partial charge in [-0.15, -0.1) is 0 Å². The number of hydrogen-bond acceptors (Lipinski definition) is 3. The van der Waals surface area contributed by atoms with Crippen molar-refractivity contribution in [3.05, 3.63) is 28.8 Å². The lowest BCUT2D eigenvalue weighted by Gasteiger charge is -2.30. The lowest BCUT2D eigenvalue weighted by Crippen LogP contribution is -2.31. The molecule has 96 valence electrons. The van der Waals surface area contributed by atoms with Crippen LogP contribution in [0.2, 0.25) is 0 Å². The van der Waals surface area contributed by atoms with Crippen LogP contribution in [0.5, 0.6) is 5.75 Å². The summed E-state index contributed by atoms with van der Waals surface area (Å²) < 4.78 is 5.34. The Balaban J connectivity index is 3.25. The molecule has 0 saturated carbocycles. The average Bonchev–Trinajstić information content (AvgIpc) is 2.31. The Kier molecular flexibility index (Phi) is 4.17. The molecule has 0 heterocycles. The molecule has 1 rings (SSSR count). The highest BCUT2D eigenvalue weighted by atomic mass is 16.5. The minimum absolute atomic E-state index is 0.366. The monoisotopic (exact) mass is 237 g/mol. The number of methoxy groups -OCH3 is 1. The molecular weight excluding hydrogens is 214 g/mol. The van der Waals surface area contributed by atoms with E-state index in [1.807, 2.05) is 39.8 Å². The fourth-order valence-electron chi connectivity index (χ4n) is 1.74. The molecular formula is C14H23NO2. The molecule has 3 heteroatoms. The molecule has 3 nitrogen and oxygen atoms in total. The first-order chi connectivity index (χ1) is 7.83. The number of aliphatic hydroxyl groups is 1. The average molecular weight is 237 g/mol. The van der Waals surface area contributed by atoms with Gasteiger partial charge in [-0.2, -0.15) is 0 Å². The van der Waals surface area contributed by atoms with Gasteiger partial charge in [-0.25, -0.2) is 0 Å². The zero-order valence-electron chi connectivity index (χ0n) is 11.4. The van der Waals surface area contributed by atoms with E-state index in [0.717, 1.165) is 22.4 Å². The molecule has 0 saturated heterocycles. The van der Waals surface area contributed by atoms with Crippen molar-refractivity contribution < 1.29 is 9.84 Å². The predicted molar refractivity (Wildman–Crippen MR) is 70.3 cm³/mol. The molecule has 0 aliphatic carbocycles. The van der Waals surface area contributed by atoms with Gasteiger partial charge in [-0.05, 0) is 37.1 Å². The summed E-state index contributed by atoms with van der Waals surface area (Å²) in [5.74, 6) is 0.724. The van der Waals surface area contributed by atoms with Crippen LogP contribution in [0.15, 0.2) is 12.1 Å². The smallest absolute Gasteiger partial charge is 0.124 e. The van der Waals surface area contributed by atoms with Gasteiger partial charge >= 0.3 is 0 Å². The third-order valence-electron chi connectivity index (χ3n) is 3.41. The molecule has 0 fully saturated rings. The Bertz CT molecular complexity index is 399. The summed E-state index contributed by atoms with van der Waals surface area (Å²) in [6.07, 6.45) is -0.623. The molecule has 0 spiro atoms. The fourth-order valence-corrected chi connectivity index (χ4v) is 1.74. The van der Waals surface area contributed by atoms with Crippen LogP contribution in [-0.2, 0) is 0 Å². The van der Waals surface area contributed by atoms with Crippen LogP contribution < -0.4 is 10.5 Å². The van der Waals surface area contributed by atoms with Gasteiger partial charge in [0.2, 0.25) is 0 Å². The summed E-state index contributed by atoms with van der Waals surface area (Å²) in [7, 11) is 1.62. The van der Waals surface area contributed by atoms with E-state index in [1.54, 1.807) is 7.11 Å². The number of benzene rings is 1. The summed E-state index contributed by atoms with van der Waals surface area (Å²) in [6, 6.07) is 3.94. The highest BCUT2D eigenvalue weighted by molar-refractivity contribution is 5.43. The predicted octanol–water partition coefficient (Wildman–Crippen LogP) is 2.33. The molecule has 0 aliphatic rings. The SMILES string of the molecule is COc1cc(C)c(C)cc1C(O)C(C)(C)CN. The lowest BCUT2D eigenvalue weighted by atomic mass is 9.81. The van der Waals surface area contributed by atoms with Crippen molar-refractivity contribution in [3.8, 4) is 5.75 Å². The van der Waals surface area contributed by atoms with Gasteiger partial charge in [0.25, 0.3) is 0 Å². The van der Waals surface area contributed by atoms with Crippen molar-refractivity contribution in [1.82, 2.24) is 0 Å². The first kappa shape index (κ1) is 14.0. The number of hydrogen-bond donors (Lipinski definition) is 2. The van der Waals surface area contributed by atoms with Crippen LogP contribution in [0, 0.1) is 19.3 Å². The second kappa shape index (κ2) is 5.07. The molecule has 0 radical (unpaired) electrons. The van der Waals surface area contributed by atoms with E-state index < -0.39 is 6.10 Å². The molecule has 0 bridgehead atoms. The minimum Gasteiger partial charge on any atom is -0.496 e. The van der Waals surface area contributed by atoms with Crippen molar-refractivity contribution in [2.75, 3.05) is 13.7 Å². The highest BCUT2D eigenvalue weighted by Crippen LogP contribution is 2.38. The number of rotatable bonds is 4. The molecule has 1 unspecified atom stereocenters. The first-order valence-corrected chi connectivity index (χ1v) is 5.86. The molecule has 1 aromatic rings. The summed E-state index contributed by atoms with van der Waals surface area (Å²) in [4.78, 5) is 0. The molecule has 17 heavy (non-hydrogen) atoms. The van der Waals surface area contributed by atoms with Crippen LogP contribution in [0.25, 0.3) is 0 Å². The van der Waals surface area contributed by atoms with Gasteiger partial charge in [0.15, 0.2) is 0 Å². The Hall–Kier alpha value is -1.06. The maximum atomic E-state index is 10.4. The zero-order valence-corrected chi connectivity index (χ0v) is 11.4. The third-order valence-corrected chi connectivity index (χ3v) is 3.41. The van der Waals surface area contributed by atoms with Crippen molar-refractivity contribution in [1.29, 1.82) is 0 Å². The van der Waals surface area contributed by atoms with Crippen LogP contribution >= 0.6 is 0 Å². The Morgan fingerprint density at radius 1 is 1.29 bits per heavy atom. The maximum absolute atomic E-state index is 10.4. The molecule has 0 amide bonds. The minimum atomic E-state index is -0.623. The zero-order chi connectivity index (χ0) is 13.2. The lowest BCUT2D eigenvalue weighted by molar-refractivity contribution is 0.0533. The van der Waals surface area contributed by atoms with Crippen molar-refractivity contribution in [2.24, 2.45) is 11.1 Å². The third kappa shape index (κ3) is 2.79. The van der Waals surface area contributed by atoms with Gasteiger partial charge < -0.3 is 15.6 Å². The van der Waals surface area contributed by atoms with Crippen molar-refractivity contribution >= 4 is 0 Å². The largest absolute Gasteiger partial charge is 0.496 e. The van der Waals surface area contributed by atoms with Crippen LogP contribution in [0.3, 0.4) is 0 Å². The summed E-state index contributed by atoms with van der Waals surface area (Å²) >= 11 is 0.